The predicted octanol–water partition coefficient (Wildman–Crippen LogP) is 3.61. The Hall–Kier alpha value is -2.90. The minimum Gasteiger partial charge on any atom is -0.382 e. The van der Waals surface area contributed by atoms with Gasteiger partial charge in [-0.15, -0.1) is 0 Å². The first-order chi connectivity index (χ1) is 16.5. The molecule has 2 atom stereocenters. The number of methoxy groups -OCH3 is 1. The van der Waals surface area contributed by atoms with Crippen molar-refractivity contribution in [3.8, 4) is 0 Å². The van der Waals surface area contributed by atoms with Gasteiger partial charge in [0.15, 0.2) is 0 Å². The summed E-state index contributed by atoms with van der Waals surface area (Å²) in [5.74, 6) is 0.273. The van der Waals surface area contributed by atoms with Crippen molar-refractivity contribution in [3.63, 3.8) is 0 Å². The van der Waals surface area contributed by atoms with Crippen molar-refractivity contribution in [2.24, 2.45) is 5.92 Å². The van der Waals surface area contributed by atoms with Gasteiger partial charge in [-0.05, 0) is 23.6 Å². The minimum absolute atomic E-state index is 0.00600. The number of carbonyl (C=O) groups excluding carboxylic acids is 2. The fourth-order valence-electron chi connectivity index (χ4n) is 5.30. The van der Waals surface area contributed by atoms with E-state index in [-0.39, 0.29) is 24.5 Å². The van der Waals surface area contributed by atoms with Crippen LogP contribution in [-0.4, -0.2) is 80.4 Å². The maximum absolute atomic E-state index is 13.8. The quantitative estimate of drug-likeness (QED) is 0.531. The molecule has 4 rings (SSSR count). The van der Waals surface area contributed by atoms with E-state index < -0.39 is 5.54 Å². The van der Waals surface area contributed by atoms with E-state index in [1.165, 1.54) is 0 Å². The van der Waals surface area contributed by atoms with Gasteiger partial charge in [-0.1, -0.05) is 62.4 Å². The third-order valence-corrected chi connectivity index (χ3v) is 6.70. The zero-order valence-electron chi connectivity index (χ0n) is 20.4. The van der Waals surface area contributed by atoms with Crippen LogP contribution in [0.4, 0.5) is 10.5 Å². The zero-order chi connectivity index (χ0) is 24.1. The normalized spacial score (nSPS) is 22.4. The molecule has 7 nitrogen and oxygen atoms in total. The number of nitrogens with zero attached hydrogens (tertiary/aromatic N) is 3. The molecule has 2 fully saturated rings. The Bertz CT molecular complexity index is 968. The summed E-state index contributed by atoms with van der Waals surface area (Å²) in [5.41, 5.74) is 1.44. The number of likely N-dealkylation sites (tertiary alicyclic amines) is 1. The lowest BCUT2D eigenvalue weighted by Crippen LogP contribution is -2.53. The highest BCUT2D eigenvalue weighted by Crippen LogP contribution is 2.47. The maximum atomic E-state index is 13.8. The molecule has 0 aromatic heterocycles. The fraction of sp³-hybridized carbons (Fsp3) is 0.481. The molecule has 2 aliphatic heterocycles. The molecule has 2 heterocycles. The first-order valence-corrected chi connectivity index (χ1v) is 12.0. The molecule has 0 saturated carbocycles. The molecule has 3 amide bonds. The summed E-state index contributed by atoms with van der Waals surface area (Å²) in [6.45, 7) is 7.35. The molecule has 2 saturated heterocycles. The van der Waals surface area contributed by atoms with E-state index in [2.05, 4.69) is 26.0 Å². The van der Waals surface area contributed by atoms with Crippen molar-refractivity contribution in [3.05, 3.63) is 66.2 Å². The monoisotopic (exact) mass is 465 g/mol. The van der Waals surface area contributed by atoms with Crippen molar-refractivity contribution in [1.82, 2.24) is 9.80 Å². The lowest BCUT2D eigenvalue weighted by atomic mass is 9.81. The van der Waals surface area contributed by atoms with Crippen LogP contribution in [0.1, 0.15) is 25.3 Å². The highest BCUT2D eigenvalue weighted by molar-refractivity contribution is 5.97. The largest absolute Gasteiger partial charge is 0.382 e. The van der Waals surface area contributed by atoms with Gasteiger partial charge in [0.2, 0.25) is 5.91 Å². The molecule has 182 valence electrons. The molecule has 7 heteroatoms. The van der Waals surface area contributed by atoms with Crippen molar-refractivity contribution < 1.29 is 19.1 Å². The molecule has 0 N–H and O–H groups in total. The molecule has 0 radical (unpaired) electrons. The summed E-state index contributed by atoms with van der Waals surface area (Å²) in [7, 11) is 1.61. The van der Waals surface area contributed by atoms with E-state index in [9.17, 15) is 9.59 Å². The zero-order valence-corrected chi connectivity index (χ0v) is 20.4. The smallest absolute Gasteiger partial charge is 0.325 e. The molecule has 2 aromatic carbocycles. The number of urea groups is 1. The van der Waals surface area contributed by atoms with Gasteiger partial charge < -0.3 is 19.3 Å². The molecular weight excluding hydrogens is 430 g/mol. The number of para-hydroxylation sites is 1. The Morgan fingerprint density at radius 1 is 1.03 bits per heavy atom. The van der Waals surface area contributed by atoms with E-state index >= 15 is 0 Å². The van der Waals surface area contributed by atoms with Gasteiger partial charge in [-0.2, -0.15) is 0 Å². The van der Waals surface area contributed by atoms with Crippen LogP contribution in [0.15, 0.2) is 60.7 Å². The van der Waals surface area contributed by atoms with Crippen LogP contribution in [0.2, 0.25) is 0 Å². The number of hydrogen-bond donors (Lipinski definition) is 0. The molecule has 2 aliphatic rings. The number of amides is 3. The minimum atomic E-state index is -0.559. The number of anilines is 1. The van der Waals surface area contributed by atoms with Crippen molar-refractivity contribution in [2.75, 3.05) is 58.0 Å². The van der Waals surface area contributed by atoms with Gasteiger partial charge in [-0.3, -0.25) is 9.69 Å². The summed E-state index contributed by atoms with van der Waals surface area (Å²) < 4.78 is 10.6. The van der Waals surface area contributed by atoms with Crippen LogP contribution in [-0.2, 0) is 14.3 Å². The van der Waals surface area contributed by atoms with Crippen LogP contribution in [0.3, 0.4) is 0 Å². The number of carbonyl (C=O) groups is 2. The van der Waals surface area contributed by atoms with Gasteiger partial charge in [-0.25, -0.2) is 4.79 Å². The summed E-state index contributed by atoms with van der Waals surface area (Å²) in [6, 6.07) is 20.1. The first kappa shape index (κ1) is 24.2. The van der Waals surface area contributed by atoms with Gasteiger partial charge >= 0.3 is 6.03 Å². The van der Waals surface area contributed by atoms with E-state index in [0.717, 1.165) is 11.3 Å². The number of rotatable bonds is 9. The Morgan fingerprint density at radius 3 is 2.35 bits per heavy atom. The average molecular weight is 466 g/mol. The predicted molar refractivity (Wildman–Crippen MR) is 132 cm³/mol. The Kier molecular flexibility index (Phi) is 7.54. The summed E-state index contributed by atoms with van der Waals surface area (Å²) in [5, 5.41) is 0. The lowest BCUT2D eigenvalue weighted by molar-refractivity contribution is -0.135. The van der Waals surface area contributed by atoms with E-state index in [1.54, 1.807) is 7.11 Å². The summed E-state index contributed by atoms with van der Waals surface area (Å²) in [6.07, 6.45) is 0. The van der Waals surface area contributed by atoms with Crippen LogP contribution in [0.25, 0.3) is 0 Å². The molecule has 0 bridgehead atoms. The summed E-state index contributed by atoms with van der Waals surface area (Å²) in [4.78, 5) is 32.7. The fourth-order valence-corrected chi connectivity index (χ4v) is 5.30. The number of ether oxygens (including phenoxy) is 2. The Balaban J connectivity index is 1.72. The van der Waals surface area contributed by atoms with Crippen LogP contribution < -0.4 is 4.90 Å². The molecule has 1 spiro atoms. The Labute approximate surface area is 202 Å². The SMILES string of the molecule is COCCOCC(=O)N1C[C@H](c2ccccc2)[C@@]2(C1)CN(CC(C)C)C(=O)N2c1ccccc1. The highest BCUT2D eigenvalue weighted by Gasteiger charge is 2.60. The second kappa shape index (κ2) is 10.6. The maximum Gasteiger partial charge on any atom is 0.325 e. The van der Waals surface area contributed by atoms with Gasteiger partial charge in [0, 0.05) is 44.9 Å². The third kappa shape index (κ3) is 4.81. The molecule has 0 unspecified atom stereocenters. The third-order valence-electron chi connectivity index (χ3n) is 6.70. The van der Waals surface area contributed by atoms with Gasteiger partial charge in [0.25, 0.3) is 0 Å². The second-order valence-corrected chi connectivity index (χ2v) is 9.61. The molecular formula is C27H35N3O4. The van der Waals surface area contributed by atoms with Crippen molar-refractivity contribution in [1.29, 1.82) is 0 Å². The number of benzene rings is 2. The van der Waals surface area contributed by atoms with Gasteiger partial charge in [0.05, 0.1) is 18.8 Å². The summed E-state index contributed by atoms with van der Waals surface area (Å²) >= 11 is 0. The van der Waals surface area contributed by atoms with Crippen LogP contribution in [0, 0.1) is 5.92 Å². The Morgan fingerprint density at radius 2 is 1.71 bits per heavy atom. The second-order valence-electron chi connectivity index (χ2n) is 9.61. The van der Waals surface area contributed by atoms with Crippen LogP contribution in [0.5, 0.6) is 0 Å². The van der Waals surface area contributed by atoms with E-state index in [0.29, 0.717) is 45.3 Å². The molecule has 2 aromatic rings. The molecule has 34 heavy (non-hydrogen) atoms. The number of hydrogen-bond acceptors (Lipinski definition) is 4. The standard InChI is InChI=1S/C27H35N3O4/c1-21(2)16-29-20-27(30(26(29)32)23-12-8-5-9-13-23)19-28(25(31)18-34-15-14-33-3)17-24(27)22-10-6-4-7-11-22/h4-13,21,24H,14-20H2,1-3H3/t24-,27-/m1/s1. The van der Waals surface area contributed by atoms with Gasteiger partial charge in [0.1, 0.15) is 6.61 Å². The van der Waals surface area contributed by atoms with Crippen LogP contribution >= 0.6 is 0 Å². The topological polar surface area (TPSA) is 62.3 Å². The first-order valence-electron chi connectivity index (χ1n) is 12.0. The average Bonchev–Trinajstić information content (AvgIpc) is 3.34. The highest BCUT2D eigenvalue weighted by atomic mass is 16.5. The van der Waals surface area contributed by atoms with Crippen molar-refractivity contribution >= 4 is 17.6 Å². The molecule has 0 aliphatic carbocycles. The van der Waals surface area contributed by atoms with E-state index in [4.69, 9.17) is 9.47 Å². The lowest BCUT2D eigenvalue weighted by Gasteiger charge is -2.38. The van der Waals surface area contributed by atoms with Crippen molar-refractivity contribution in [2.45, 2.75) is 25.3 Å². The van der Waals surface area contributed by atoms with E-state index in [1.807, 2.05) is 63.2 Å².